The Morgan fingerprint density at radius 1 is 1.03 bits per heavy atom. The van der Waals surface area contributed by atoms with Gasteiger partial charge >= 0.3 is 0 Å². The second-order valence-corrected chi connectivity index (χ2v) is 10.4. The molecule has 0 bridgehead atoms. The van der Waals surface area contributed by atoms with Crippen LogP contribution < -0.4 is 0 Å². The Labute approximate surface area is 185 Å². The third-order valence-corrected chi connectivity index (χ3v) is 8.22. The smallest absolute Gasteiger partial charge is 0.245 e. The van der Waals surface area contributed by atoms with Gasteiger partial charge in [0, 0.05) is 42.6 Å². The quantitative estimate of drug-likeness (QED) is 0.457. The van der Waals surface area contributed by atoms with Gasteiger partial charge in [0.05, 0.1) is 18.3 Å². The van der Waals surface area contributed by atoms with Gasteiger partial charge in [-0.25, -0.2) is 13.4 Å². The molecule has 160 valence electrons. The molecule has 0 amide bonds. The van der Waals surface area contributed by atoms with Gasteiger partial charge in [-0.15, -0.1) is 11.3 Å². The van der Waals surface area contributed by atoms with Crippen molar-refractivity contribution in [2.45, 2.75) is 18.4 Å². The first-order valence-electron chi connectivity index (χ1n) is 10.1. The molecule has 1 aromatic carbocycles. The average Bonchev–Trinajstić information content (AvgIpc) is 3.45. The Kier molecular flexibility index (Phi) is 5.35. The van der Waals surface area contributed by atoms with Crippen LogP contribution in [0.5, 0.6) is 0 Å². The minimum atomic E-state index is -3.61. The number of para-hydroxylation sites is 1. The lowest BCUT2D eigenvalue weighted by Crippen LogP contribution is -2.48. The molecule has 9 heteroatoms. The number of piperazine rings is 1. The predicted octanol–water partition coefficient (Wildman–Crippen LogP) is 3.77. The zero-order valence-corrected chi connectivity index (χ0v) is 18.7. The molecule has 31 heavy (non-hydrogen) atoms. The second-order valence-electron chi connectivity index (χ2n) is 7.56. The minimum Gasteiger partial charge on any atom is -0.463 e. The van der Waals surface area contributed by atoms with Crippen LogP contribution in [0.2, 0.25) is 0 Å². The Morgan fingerprint density at radius 2 is 1.87 bits per heavy atom. The molecule has 0 atom stereocenters. The lowest BCUT2D eigenvalue weighted by atomic mass is 10.2. The highest BCUT2D eigenvalue weighted by Gasteiger charge is 2.30. The van der Waals surface area contributed by atoms with Gasteiger partial charge in [-0.2, -0.15) is 4.31 Å². The molecule has 0 N–H and O–H groups in total. The number of aryl methyl sites for hydroxylation is 1. The van der Waals surface area contributed by atoms with Crippen LogP contribution in [0.1, 0.15) is 10.7 Å². The number of fused-ring (bicyclic) bond motifs is 1. The standard InChI is InChI=1S/C22H22N4O3S2/c1-16-7-8-17-4-2-6-20(22(17)23-16)31(27,28)26-11-9-25(10-12-26)14-21-24-18(15-30-21)19-5-3-13-29-19/h2-8,13,15H,9-12,14H2,1H3. The lowest BCUT2D eigenvalue weighted by molar-refractivity contribution is 0.181. The number of sulfonamides is 1. The van der Waals surface area contributed by atoms with E-state index in [0.717, 1.165) is 27.5 Å². The number of thiazole rings is 1. The van der Waals surface area contributed by atoms with Gasteiger partial charge in [-0.1, -0.05) is 18.2 Å². The van der Waals surface area contributed by atoms with Crippen molar-refractivity contribution in [3.05, 3.63) is 64.8 Å². The molecular weight excluding hydrogens is 432 g/mol. The van der Waals surface area contributed by atoms with Crippen molar-refractivity contribution < 1.29 is 12.8 Å². The maximum absolute atomic E-state index is 13.4. The van der Waals surface area contributed by atoms with E-state index in [0.29, 0.717) is 38.2 Å². The first-order chi connectivity index (χ1) is 15.0. The van der Waals surface area contributed by atoms with E-state index in [-0.39, 0.29) is 4.90 Å². The number of hydrogen-bond donors (Lipinski definition) is 0. The maximum Gasteiger partial charge on any atom is 0.245 e. The van der Waals surface area contributed by atoms with Crippen molar-refractivity contribution >= 4 is 32.3 Å². The van der Waals surface area contributed by atoms with Crippen molar-refractivity contribution in [2.75, 3.05) is 26.2 Å². The van der Waals surface area contributed by atoms with Gasteiger partial charge < -0.3 is 4.42 Å². The summed E-state index contributed by atoms with van der Waals surface area (Å²) in [5.41, 5.74) is 2.18. The highest BCUT2D eigenvalue weighted by atomic mass is 32.2. The largest absolute Gasteiger partial charge is 0.463 e. The molecule has 4 aromatic rings. The average molecular weight is 455 g/mol. The molecular formula is C22H22N4O3S2. The molecule has 7 nitrogen and oxygen atoms in total. The topological polar surface area (TPSA) is 79.5 Å². The van der Waals surface area contributed by atoms with E-state index < -0.39 is 10.0 Å². The molecule has 1 fully saturated rings. The van der Waals surface area contributed by atoms with Gasteiger partial charge in [0.15, 0.2) is 5.76 Å². The molecule has 1 aliphatic rings. The van der Waals surface area contributed by atoms with E-state index in [1.807, 2.05) is 42.6 Å². The van der Waals surface area contributed by atoms with Gasteiger partial charge in [0.2, 0.25) is 10.0 Å². The molecule has 0 unspecified atom stereocenters. The Morgan fingerprint density at radius 3 is 2.65 bits per heavy atom. The van der Waals surface area contributed by atoms with Crippen molar-refractivity contribution in [3.8, 4) is 11.5 Å². The van der Waals surface area contributed by atoms with Crippen LogP contribution in [0.3, 0.4) is 0 Å². The number of nitrogens with zero attached hydrogens (tertiary/aromatic N) is 4. The highest BCUT2D eigenvalue weighted by Crippen LogP contribution is 2.27. The van der Waals surface area contributed by atoms with Crippen molar-refractivity contribution in [1.82, 2.24) is 19.2 Å². The molecule has 0 saturated carbocycles. The summed E-state index contributed by atoms with van der Waals surface area (Å²) in [7, 11) is -3.61. The van der Waals surface area contributed by atoms with E-state index in [2.05, 4.69) is 14.9 Å². The second kappa shape index (κ2) is 8.16. The molecule has 0 spiro atoms. The fourth-order valence-corrected chi connectivity index (χ4v) is 6.21. The highest BCUT2D eigenvalue weighted by molar-refractivity contribution is 7.89. The molecule has 4 heterocycles. The molecule has 1 aliphatic heterocycles. The van der Waals surface area contributed by atoms with Gasteiger partial charge in [0.1, 0.15) is 15.6 Å². The Bertz CT molecular complexity index is 1310. The summed E-state index contributed by atoms with van der Waals surface area (Å²) >= 11 is 1.59. The fraction of sp³-hybridized carbons (Fsp3) is 0.273. The first-order valence-corrected chi connectivity index (χ1v) is 12.4. The van der Waals surface area contributed by atoms with E-state index in [1.54, 1.807) is 34.0 Å². The van der Waals surface area contributed by atoms with Crippen LogP contribution in [-0.2, 0) is 16.6 Å². The third-order valence-electron chi connectivity index (χ3n) is 5.46. The number of pyridine rings is 1. The normalized spacial score (nSPS) is 16.2. The summed E-state index contributed by atoms with van der Waals surface area (Å²) in [4.78, 5) is 11.7. The van der Waals surface area contributed by atoms with Crippen LogP contribution in [0, 0.1) is 6.92 Å². The van der Waals surface area contributed by atoms with Crippen molar-refractivity contribution in [1.29, 1.82) is 0 Å². The van der Waals surface area contributed by atoms with E-state index in [1.165, 1.54) is 0 Å². The monoisotopic (exact) mass is 454 g/mol. The number of furan rings is 1. The summed E-state index contributed by atoms with van der Waals surface area (Å²) in [6.07, 6.45) is 1.64. The molecule has 5 rings (SSSR count). The van der Waals surface area contributed by atoms with Crippen LogP contribution in [0.25, 0.3) is 22.4 Å². The van der Waals surface area contributed by atoms with Crippen molar-refractivity contribution in [3.63, 3.8) is 0 Å². The molecule has 0 aliphatic carbocycles. The molecule has 0 radical (unpaired) electrons. The summed E-state index contributed by atoms with van der Waals surface area (Å²) in [5, 5.41) is 3.82. The summed E-state index contributed by atoms with van der Waals surface area (Å²) in [6.45, 7) is 4.78. The Hall–Kier alpha value is -2.59. The van der Waals surface area contributed by atoms with Gasteiger partial charge in [-0.05, 0) is 31.2 Å². The lowest BCUT2D eigenvalue weighted by Gasteiger charge is -2.33. The number of benzene rings is 1. The molecule has 3 aromatic heterocycles. The van der Waals surface area contributed by atoms with Gasteiger partial charge in [0.25, 0.3) is 0 Å². The summed E-state index contributed by atoms with van der Waals surface area (Å²) in [5.74, 6) is 0.761. The van der Waals surface area contributed by atoms with E-state index in [4.69, 9.17) is 4.42 Å². The molecule has 1 saturated heterocycles. The van der Waals surface area contributed by atoms with Crippen LogP contribution in [0.4, 0.5) is 0 Å². The SMILES string of the molecule is Cc1ccc2cccc(S(=O)(=O)N3CCN(Cc4nc(-c5ccco5)cs4)CC3)c2n1. The minimum absolute atomic E-state index is 0.283. The fourth-order valence-electron chi connectivity index (χ4n) is 3.80. The summed E-state index contributed by atoms with van der Waals surface area (Å²) < 4.78 is 33.7. The Balaban J connectivity index is 1.29. The van der Waals surface area contributed by atoms with Crippen LogP contribution >= 0.6 is 11.3 Å². The van der Waals surface area contributed by atoms with Crippen LogP contribution in [-0.4, -0.2) is 53.8 Å². The van der Waals surface area contributed by atoms with E-state index in [9.17, 15) is 8.42 Å². The maximum atomic E-state index is 13.4. The van der Waals surface area contributed by atoms with Crippen molar-refractivity contribution in [2.24, 2.45) is 0 Å². The summed E-state index contributed by atoms with van der Waals surface area (Å²) in [6, 6.07) is 12.9. The van der Waals surface area contributed by atoms with E-state index >= 15 is 0 Å². The number of aromatic nitrogens is 2. The third kappa shape index (κ3) is 4.01. The number of hydrogen-bond acceptors (Lipinski definition) is 7. The predicted molar refractivity (Wildman–Crippen MR) is 120 cm³/mol. The zero-order chi connectivity index (χ0) is 21.4. The van der Waals surface area contributed by atoms with Crippen LogP contribution in [0.15, 0.2) is 63.4 Å². The number of rotatable bonds is 5. The first kappa shape index (κ1) is 20.3. The zero-order valence-electron chi connectivity index (χ0n) is 17.1. The van der Waals surface area contributed by atoms with Gasteiger partial charge in [-0.3, -0.25) is 9.88 Å².